The van der Waals surface area contributed by atoms with Crippen LogP contribution in [-0.2, 0) is 14.3 Å². The number of hydrogen-bond donors (Lipinski definition) is 0. The molecule has 0 aliphatic heterocycles. The summed E-state index contributed by atoms with van der Waals surface area (Å²) in [5.41, 5.74) is 0. The van der Waals surface area contributed by atoms with Gasteiger partial charge in [-0.25, -0.2) is 0 Å². The van der Waals surface area contributed by atoms with E-state index in [1.54, 1.807) is 6.92 Å². The van der Waals surface area contributed by atoms with Crippen LogP contribution < -0.4 is 0 Å². The van der Waals surface area contributed by atoms with Crippen LogP contribution in [0.2, 0.25) is 0 Å². The Morgan fingerprint density at radius 1 is 1.56 bits per heavy atom. The van der Waals surface area contributed by atoms with E-state index in [-0.39, 0.29) is 54.8 Å². The Morgan fingerprint density at radius 2 is 2.00 bits per heavy atom. The Balaban J connectivity index is -0.0000000817. The van der Waals surface area contributed by atoms with Crippen molar-refractivity contribution in [3.8, 4) is 0 Å². The van der Waals surface area contributed by atoms with Crippen molar-refractivity contribution in [1.82, 2.24) is 0 Å². The number of esters is 2. The van der Waals surface area contributed by atoms with Crippen LogP contribution in [0.3, 0.4) is 0 Å². The third-order valence-electron chi connectivity index (χ3n) is 0.546. The van der Waals surface area contributed by atoms with E-state index in [4.69, 9.17) is 0 Å². The summed E-state index contributed by atoms with van der Waals surface area (Å²) in [4.78, 5) is 20.1. The predicted molar refractivity (Wildman–Crippen MR) is 35.0 cm³/mol. The standard InChI is InChI=1S/C5H8O3.Sr.2H/c1-3-5(7)8-4(2)6;;;/h3H2,1-2H3;;;/q;+2;2*-1. The predicted octanol–water partition coefficient (Wildman–Crippen LogP) is 0.330. The zero-order valence-corrected chi connectivity index (χ0v) is 9.12. The molecular weight excluding hydrogens is 196 g/mol. The first-order chi connectivity index (χ1) is 3.66. The molecule has 0 unspecified atom stereocenters. The van der Waals surface area contributed by atoms with Crippen LogP contribution in [-0.4, -0.2) is 57.4 Å². The van der Waals surface area contributed by atoms with Gasteiger partial charge in [0.15, 0.2) is 0 Å². The minimum absolute atomic E-state index is 0. The molecule has 0 spiro atoms. The van der Waals surface area contributed by atoms with Gasteiger partial charge in [-0.3, -0.25) is 9.59 Å². The molecule has 9 heavy (non-hydrogen) atoms. The van der Waals surface area contributed by atoms with Gasteiger partial charge in [0.25, 0.3) is 0 Å². The largest absolute Gasteiger partial charge is 2.00 e. The van der Waals surface area contributed by atoms with Crippen molar-refractivity contribution in [1.29, 1.82) is 0 Å². The second-order valence-corrected chi connectivity index (χ2v) is 1.32. The maximum atomic E-state index is 10.2. The smallest absolute Gasteiger partial charge is 1.00 e. The molecule has 0 bridgehead atoms. The second kappa shape index (κ2) is 6.74. The molecule has 0 atom stereocenters. The molecule has 0 N–H and O–H groups in total. The molecule has 0 aliphatic rings. The number of hydrogen-bond acceptors (Lipinski definition) is 3. The van der Waals surface area contributed by atoms with Crippen LogP contribution in [0.5, 0.6) is 0 Å². The average molecular weight is 206 g/mol. The quantitative estimate of drug-likeness (QED) is 0.352. The monoisotopic (exact) mass is 206 g/mol. The van der Waals surface area contributed by atoms with E-state index in [1.165, 1.54) is 6.92 Å². The summed E-state index contributed by atoms with van der Waals surface area (Å²) in [6, 6.07) is 0. The molecule has 50 valence electrons. The Morgan fingerprint density at radius 3 is 2.11 bits per heavy atom. The second-order valence-electron chi connectivity index (χ2n) is 1.32. The van der Waals surface area contributed by atoms with Gasteiger partial charge in [-0.05, 0) is 0 Å². The van der Waals surface area contributed by atoms with Crippen LogP contribution >= 0.6 is 0 Å². The molecular formula is C5H10O3Sr. The van der Waals surface area contributed by atoms with E-state index in [1.807, 2.05) is 0 Å². The van der Waals surface area contributed by atoms with Gasteiger partial charge >= 0.3 is 57.4 Å². The van der Waals surface area contributed by atoms with Gasteiger partial charge in [0.05, 0.1) is 0 Å². The van der Waals surface area contributed by atoms with Crippen molar-refractivity contribution in [2.75, 3.05) is 0 Å². The number of ether oxygens (including phenoxy) is 1. The molecule has 0 aromatic carbocycles. The molecule has 0 heterocycles. The normalized spacial score (nSPS) is 7.33. The summed E-state index contributed by atoms with van der Waals surface area (Å²) in [5, 5.41) is 0. The summed E-state index contributed by atoms with van der Waals surface area (Å²) in [6.07, 6.45) is 0.250. The molecule has 0 aliphatic carbocycles. The number of rotatable bonds is 1. The van der Waals surface area contributed by atoms with Crippen molar-refractivity contribution in [3.63, 3.8) is 0 Å². The van der Waals surface area contributed by atoms with Gasteiger partial charge in [0.1, 0.15) is 0 Å². The van der Waals surface area contributed by atoms with E-state index < -0.39 is 11.9 Å². The number of carbonyl (C=O) groups excluding carboxylic acids is 2. The fourth-order valence-corrected chi connectivity index (χ4v) is 0.232. The average Bonchev–Trinajstić information content (AvgIpc) is 1.65. The zero-order chi connectivity index (χ0) is 6.57. The van der Waals surface area contributed by atoms with E-state index in [2.05, 4.69) is 4.74 Å². The molecule has 3 nitrogen and oxygen atoms in total. The SMILES string of the molecule is CCC(=O)OC(C)=O.[H-].[H-].[Sr+2]. The fraction of sp³-hybridized carbons (Fsp3) is 0.600. The maximum Gasteiger partial charge on any atom is 2.00 e. The molecule has 0 saturated carbocycles. The van der Waals surface area contributed by atoms with Gasteiger partial charge < -0.3 is 7.59 Å². The van der Waals surface area contributed by atoms with Gasteiger partial charge in [-0.15, -0.1) is 0 Å². The van der Waals surface area contributed by atoms with Gasteiger partial charge in [0, 0.05) is 13.3 Å². The van der Waals surface area contributed by atoms with E-state index >= 15 is 0 Å². The molecule has 4 heteroatoms. The first kappa shape index (κ1) is 12.3. The van der Waals surface area contributed by atoms with Crippen molar-refractivity contribution in [2.24, 2.45) is 0 Å². The third-order valence-corrected chi connectivity index (χ3v) is 0.546. The number of carbonyl (C=O) groups is 2. The zero-order valence-electron chi connectivity index (χ0n) is 7.64. The van der Waals surface area contributed by atoms with Gasteiger partial charge in [-0.2, -0.15) is 0 Å². The van der Waals surface area contributed by atoms with Crippen molar-refractivity contribution < 1.29 is 17.2 Å². The van der Waals surface area contributed by atoms with Crippen LogP contribution in [0.1, 0.15) is 23.1 Å². The van der Waals surface area contributed by atoms with Crippen molar-refractivity contribution in [2.45, 2.75) is 20.3 Å². The first-order valence-corrected chi connectivity index (χ1v) is 2.38. The summed E-state index contributed by atoms with van der Waals surface area (Å²) >= 11 is 0. The summed E-state index contributed by atoms with van der Waals surface area (Å²) in [6.45, 7) is 2.83. The van der Waals surface area contributed by atoms with Gasteiger partial charge in [-0.1, -0.05) is 6.92 Å². The summed E-state index contributed by atoms with van der Waals surface area (Å²) < 4.78 is 4.12. The van der Waals surface area contributed by atoms with E-state index in [0.717, 1.165) is 0 Å². The Kier molecular flexibility index (Phi) is 9.21. The van der Waals surface area contributed by atoms with Crippen LogP contribution in [0.25, 0.3) is 0 Å². The minimum atomic E-state index is -0.545. The summed E-state index contributed by atoms with van der Waals surface area (Å²) in [7, 11) is 0. The Hall–Kier alpha value is 0.621. The maximum absolute atomic E-state index is 10.2. The van der Waals surface area contributed by atoms with E-state index in [9.17, 15) is 9.59 Å². The topological polar surface area (TPSA) is 43.4 Å². The van der Waals surface area contributed by atoms with Gasteiger partial charge in [0.2, 0.25) is 0 Å². The molecule has 0 fully saturated rings. The van der Waals surface area contributed by atoms with Crippen LogP contribution in [0, 0.1) is 0 Å². The fourth-order valence-electron chi connectivity index (χ4n) is 0.232. The molecule has 0 radical (unpaired) electrons. The van der Waals surface area contributed by atoms with Crippen LogP contribution in [0.4, 0.5) is 0 Å². The van der Waals surface area contributed by atoms with Crippen molar-refractivity contribution in [3.05, 3.63) is 0 Å². The summed E-state index contributed by atoms with van der Waals surface area (Å²) in [5.74, 6) is -1.02. The molecule has 0 saturated heterocycles. The van der Waals surface area contributed by atoms with Crippen molar-refractivity contribution >= 4 is 57.4 Å². The molecule has 0 aromatic heterocycles. The molecule has 0 aromatic rings. The third kappa shape index (κ3) is 8.62. The Bertz CT molecular complexity index is 118. The van der Waals surface area contributed by atoms with Crippen LogP contribution in [0.15, 0.2) is 0 Å². The Labute approximate surface area is 94.0 Å². The molecule has 0 rings (SSSR count). The minimum Gasteiger partial charge on any atom is -1.00 e. The van der Waals surface area contributed by atoms with E-state index in [0.29, 0.717) is 0 Å². The molecule has 0 amide bonds. The first-order valence-electron chi connectivity index (χ1n) is 2.38.